The molecule has 0 aliphatic heterocycles. The van der Waals surface area contributed by atoms with Crippen molar-refractivity contribution in [3.8, 4) is 0 Å². The van der Waals surface area contributed by atoms with E-state index in [1.165, 1.54) is 135 Å². The smallest absolute Gasteiger partial charge is 0.264 e. The summed E-state index contributed by atoms with van der Waals surface area (Å²) >= 11 is 0. The van der Waals surface area contributed by atoms with Crippen molar-refractivity contribution >= 4 is 10.4 Å². The first-order chi connectivity index (χ1) is 17.0. The molecule has 0 rings (SSSR count). The molecule has 1 atom stereocenters. The molecule has 0 aliphatic carbocycles. The van der Waals surface area contributed by atoms with E-state index in [1.54, 1.807) is 0 Å². The lowest BCUT2D eigenvalue weighted by Gasteiger charge is -2.12. The normalized spacial score (nSPS) is 13.1. The molecule has 0 aliphatic rings. The van der Waals surface area contributed by atoms with Gasteiger partial charge in [0.2, 0.25) is 0 Å². The van der Waals surface area contributed by atoms with Crippen molar-refractivity contribution in [2.45, 2.75) is 168 Å². The van der Waals surface area contributed by atoms with Crippen LogP contribution in [0.5, 0.6) is 0 Å². The fourth-order valence-corrected chi connectivity index (χ4v) is 5.04. The standard InChI is InChI=1S/C30H60O4S/c1-3-5-7-9-11-13-14-15-16-17-18-20-22-24-26-28-30(29-34-35(31,32)33)27-25-23-21-19-12-10-8-6-4-2/h26,28,30H,3-25,27,29H2,1-2H3,(H,31,32,33)/b28-26+. The molecule has 210 valence electrons. The molecule has 5 heteroatoms. The first-order valence-corrected chi connectivity index (χ1v) is 16.6. The van der Waals surface area contributed by atoms with Crippen molar-refractivity contribution in [3.63, 3.8) is 0 Å². The fourth-order valence-electron chi connectivity index (χ4n) is 4.69. The van der Waals surface area contributed by atoms with Gasteiger partial charge in [0, 0.05) is 5.92 Å². The predicted molar refractivity (Wildman–Crippen MR) is 152 cm³/mol. The SMILES string of the molecule is CCCCCCCCCCCCCCC/C=C/C(CCCCCCCCCCC)COS(=O)(=O)O. The Bertz CT molecular complexity index is 545. The lowest BCUT2D eigenvalue weighted by atomic mass is 9.99. The summed E-state index contributed by atoms with van der Waals surface area (Å²) in [5.74, 6) is 0.0588. The second-order valence-corrected chi connectivity index (χ2v) is 11.6. The molecule has 0 saturated carbocycles. The van der Waals surface area contributed by atoms with E-state index in [-0.39, 0.29) is 12.5 Å². The molecule has 35 heavy (non-hydrogen) atoms. The molecule has 0 radical (unpaired) electrons. The third-order valence-electron chi connectivity index (χ3n) is 6.99. The number of hydrogen-bond donors (Lipinski definition) is 1. The van der Waals surface area contributed by atoms with E-state index < -0.39 is 10.4 Å². The highest BCUT2D eigenvalue weighted by molar-refractivity contribution is 7.80. The van der Waals surface area contributed by atoms with Crippen molar-refractivity contribution in [3.05, 3.63) is 12.2 Å². The second-order valence-electron chi connectivity index (χ2n) is 10.5. The van der Waals surface area contributed by atoms with Gasteiger partial charge in [-0.05, 0) is 19.3 Å². The van der Waals surface area contributed by atoms with Gasteiger partial charge in [-0.3, -0.25) is 4.55 Å². The quantitative estimate of drug-likeness (QED) is 0.0638. The van der Waals surface area contributed by atoms with E-state index in [1.807, 2.05) is 0 Å². The van der Waals surface area contributed by atoms with Gasteiger partial charge in [-0.1, -0.05) is 161 Å². The molecule has 0 amide bonds. The molecular formula is C30H60O4S. The Kier molecular flexibility index (Phi) is 26.4. The van der Waals surface area contributed by atoms with Crippen molar-refractivity contribution in [2.24, 2.45) is 5.92 Å². The highest BCUT2D eigenvalue weighted by atomic mass is 32.3. The van der Waals surface area contributed by atoms with E-state index in [9.17, 15) is 8.42 Å². The summed E-state index contributed by atoms with van der Waals surface area (Å²) in [6.45, 7) is 4.57. The average Bonchev–Trinajstić information content (AvgIpc) is 2.82. The summed E-state index contributed by atoms with van der Waals surface area (Å²) in [4.78, 5) is 0. The van der Waals surface area contributed by atoms with Gasteiger partial charge in [0.1, 0.15) is 0 Å². The van der Waals surface area contributed by atoms with Crippen LogP contribution in [-0.2, 0) is 14.6 Å². The summed E-state index contributed by atoms with van der Waals surface area (Å²) in [7, 11) is -4.36. The maximum Gasteiger partial charge on any atom is 0.397 e. The van der Waals surface area contributed by atoms with Crippen molar-refractivity contribution in [2.75, 3.05) is 6.61 Å². The zero-order valence-corrected chi connectivity index (χ0v) is 24.3. The average molecular weight is 517 g/mol. The molecule has 0 spiro atoms. The number of hydrogen-bond acceptors (Lipinski definition) is 3. The van der Waals surface area contributed by atoms with Crippen LogP contribution in [-0.4, -0.2) is 19.6 Å². The van der Waals surface area contributed by atoms with Gasteiger partial charge in [-0.15, -0.1) is 0 Å². The highest BCUT2D eigenvalue weighted by Gasteiger charge is 2.11. The van der Waals surface area contributed by atoms with Crippen LogP contribution in [0.4, 0.5) is 0 Å². The molecule has 0 aromatic carbocycles. The first-order valence-electron chi connectivity index (χ1n) is 15.3. The summed E-state index contributed by atoms with van der Waals surface area (Å²) in [6.07, 6.45) is 35.4. The molecule has 0 aromatic heterocycles. The molecule has 0 aromatic rings. The molecule has 0 fully saturated rings. The third kappa shape index (κ3) is 29.7. The summed E-state index contributed by atoms with van der Waals surface area (Å²) in [5.41, 5.74) is 0. The third-order valence-corrected chi connectivity index (χ3v) is 7.43. The van der Waals surface area contributed by atoms with Gasteiger partial charge >= 0.3 is 10.4 Å². The fraction of sp³-hybridized carbons (Fsp3) is 0.933. The monoisotopic (exact) mass is 516 g/mol. The Hall–Kier alpha value is -0.390. The summed E-state index contributed by atoms with van der Waals surface area (Å²) in [5, 5.41) is 0. The molecule has 0 bridgehead atoms. The van der Waals surface area contributed by atoms with E-state index in [4.69, 9.17) is 4.55 Å². The van der Waals surface area contributed by atoms with Crippen molar-refractivity contribution < 1.29 is 17.2 Å². The summed E-state index contributed by atoms with van der Waals surface area (Å²) < 4.78 is 35.6. The van der Waals surface area contributed by atoms with Crippen LogP contribution in [0.2, 0.25) is 0 Å². The molecule has 1 N–H and O–H groups in total. The van der Waals surface area contributed by atoms with Crippen LogP contribution in [0, 0.1) is 5.92 Å². The Balaban J connectivity index is 3.80. The number of unbranched alkanes of at least 4 members (excludes halogenated alkanes) is 21. The van der Waals surface area contributed by atoms with Crippen LogP contribution < -0.4 is 0 Å². The lowest BCUT2D eigenvalue weighted by Crippen LogP contribution is -2.12. The first kappa shape index (κ1) is 34.6. The van der Waals surface area contributed by atoms with Crippen LogP contribution in [0.25, 0.3) is 0 Å². The molecule has 0 heterocycles. The highest BCUT2D eigenvalue weighted by Crippen LogP contribution is 2.17. The van der Waals surface area contributed by atoms with E-state index in [0.29, 0.717) is 0 Å². The van der Waals surface area contributed by atoms with Crippen LogP contribution in [0.3, 0.4) is 0 Å². The minimum absolute atomic E-state index is 0.0466. The number of rotatable bonds is 28. The Labute approximate surface area is 220 Å². The zero-order valence-electron chi connectivity index (χ0n) is 23.5. The van der Waals surface area contributed by atoms with Gasteiger partial charge in [0.05, 0.1) is 6.61 Å². The van der Waals surface area contributed by atoms with Gasteiger partial charge < -0.3 is 0 Å². The minimum atomic E-state index is -4.36. The maximum absolute atomic E-state index is 11.0. The van der Waals surface area contributed by atoms with Crippen LogP contribution >= 0.6 is 0 Å². The minimum Gasteiger partial charge on any atom is -0.264 e. The molecule has 0 saturated heterocycles. The second kappa shape index (κ2) is 26.7. The molecular weight excluding hydrogens is 456 g/mol. The lowest BCUT2D eigenvalue weighted by molar-refractivity contribution is 0.234. The van der Waals surface area contributed by atoms with Crippen molar-refractivity contribution in [1.82, 2.24) is 0 Å². The van der Waals surface area contributed by atoms with E-state index in [0.717, 1.165) is 19.3 Å². The van der Waals surface area contributed by atoms with Gasteiger partial charge in [0.25, 0.3) is 0 Å². The molecule has 4 nitrogen and oxygen atoms in total. The van der Waals surface area contributed by atoms with Gasteiger partial charge in [0.15, 0.2) is 0 Å². The Morgan fingerprint density at radius 3 is 1.37 bits per heavy atom. The maximum atomic E-state index is 11.0. The van der Waals surface area contributed by atoms with E-state index in [2.05, 4.69) is 30.2 Å². The largest absolute Gasteiger partial charge is 0.397 e. The van der Waals surface area contributed by atoms with Crippen LogP contribution in [0.15, 0.2) is 12.2 Å². The summed E-state index contributed by atoms with van der Waals surface area (Å²) in [6, 6.07) is 0. The zero-order chi connectivity index (χ0) is 25.9. The Morgan fingerprint density at radius 1 is 0.600 bits per heavy atom. The number of allylic oxidation sites excluding steroid dienone is 1. The predicted octanol–water partition coefficient (Wildman–Crippen LogP) is 10.4. The Morgan fingerprint density at radius 2 is 0.971 bits per heavy atom. The molecule has 1 unspecified atom stereocenters. The van der Waals surface area contributed by atoms with Crippen molar-refractivity contribution in [1.29, 1.82) is 0 Å². The van der Waals surface area contributed by atoms with E-state index >= 15 is 0 Å². The van der Waals surface area contributed by atoms with Crippen LogP contribution in [0.1, 0.15) is 168 Å². The van der Waals surface area contributed by atoms with Gasteiger partial charge in [-0.25, -0.2) is 4.18 Å². The topological polar surface area (TPSA) is 63.6 Å². The van der Waals surface area contributed by atoms with Gasteiger partial charge in [-0.2, -0.15) is 8.42 Å².